The fourth-order valence-corrected chi connectivity index (χ4v) is 1.54. The standard InChI is InChI=1S/C9H11BrN4O/c1-9(2,15-3)8-11-4-5-6(10)13-14-7(5)12-8/h4H,1-3H3,(H,11,12,13,14). The maximum atomic E-state index is 5.31. The fourth-order valence-electron chi connectivity index (χ4n) is 1.16. The van der Waals surface area contributed by atoms with Gasteiger partial charge in [0.25, 0.3) is 0 Å². The van der Waals surface area contributed by atoms with Crippen LogP contribution in [0.15, 0.2) is 10.8 Å². The minimum Gasteiger partial charge on any atom is -0.371 e. The van der Waals surface area contributed by atoms with E-state index in [9.17, 15) is 0 Å². The first kappa shape index (κ1) is 10.5. The van der Waals surface area contributed by atoms with Gasteiger partial charge in [0.05, 0.1) is 5.39 Å². The summed E-state index contributed by atoms with van der Waals surface area (Å²) in [7, 11) is 1.64. The van der Waals surface area contributed by atoms with E-state index < -0.39 is 5.60 Å². The molecule has 5 nitrogen and oxygen atoms in total. The minimum absolute atomic E-state index is 0.494. The highest BCUT2D eigenvalue weighted by atomic mass is 79.9. The van der Waals surface area contributed by atoms with Gasteiger partial charge in [0.2, 0.25) is 0 Å². The number of aromatic amines is 1. The molecule has 15 heavy (non-hydrogen) atoms. The van der Waals surface area contributed by atoms with Crippen molar-refractivity contribution in [2.75, 3.05) is 7.11 Å². The average Bonchev–Trinajstić information content (AvgIpc) is 2.60. The van der Waals surface area contributed by atoms with Crippen molar-refractivity contribution in [2.24, 2.45) is 0 Å². The van der Waals surface area contributed by atoms with E-state index in [1.807, 2.05) is 13.8 Å². The van der Waals surface area contributed by atoms with Crippen molar-refractivity contribution >= 4 is 27.0 Å². The Bertz CT molecular complexity index is 494. The summed E-state index contributed by atoms with van der Waals surface area (Å²) in [6.07, 6.45) is 1.73. The van der Waals surface area contributed by atoms with Crippen molar-refractivity contribution in [3.8, 4) is 0 Å². The van der Waals surface area contributed by atoms with E-state index in [1.165, 1.54) is 0 Å². The first-order valence-electron chi connectivity index (χ1n) is 4.47. The number of hydrogen-bond acceptors (Lipinski definition) is 4. The number of H-pyrrole nitrogens is 1. The van der Waals surface area contributed by atoms with Crippen LogP contribution in [0.3, 0.4) is 0 Å². The Hall–Kier alpha value is -1.01. The predicted octanol–water partition coefficient (Wildman–Crippen LogP) is 2.00. The van der Waals surface area contributed by atoms with Gasteiger partial charge in [0.15, 0.2) is 11.5 Å². The van der Waals surface area contributed by atoms with Crippen LogP contribution in [0, 0.1) is 0 Å². The van der Waals surface area contributed by atoms with Crippen LogP contribution in [0.25, 0.3) is 11.0 Å². The number of aromatic nitrogens is 4. The molecule has 0 spiro atoms. The summed E-state index contributed by atoms with van der Waals surface area (Å²) < 4.78 is 6.03. The van der Waals surface area contributed by atoms with Gasteiger partial charge >= 0.3 is 0 Å². The fraction of sp³-hybridized carbons (Fsp3) is 0.444. The van der Waals surface area contributed by atoms with Crippen LogP contribution >= 0.6 is 15.9 Å². The lowest BCUT2D eigenvalue weighted by Gasteiger charge is -2.20. The van der Waals surface area contributed by atoms with Crippen LogP contribution in [-0.4, -0.2) is 27.3 Å². The Kier molecular flexibility index (Phi) is 2.47. The number of nitrogens with zero attached hydrogens (tertiary/aromatic N) is 3. The number of hydrogen-bond donors (Lipinski definition) is 1. The van der Waals surface area contributed by atoms with E-state index in [0.29, 0.717) is 11.5 Å². The van der Waals surface area contributed by atoms with Gasteiger partial charge in [-0.2, -0.15) is 5.10 Å². The molecule has 2 rings (SSSR count). The second kappa shape index (κ2) is 3.53. The van der Waals surface area contributed by atoms with Gasteiger partial charge < -0.3 is 4.74 Å². The van der Waals surface area contributed by atoms with Crippen molar-refractivity contribution in [3.63, 3.8) is 0 Å². The van der Waals surface area contributed by atoms with Crippen LogP contribution < -0.4 is 0 Å². The molecule has 2 aromatic heterocycles. The van der Waals surface area contributed by atoms with Crippen molar-refractivity contribution in [2.45, 2.75) is 19.4 Å². The molecule has 0 amide bonds. The zero-order valence-electron chi connectivity index (χ0n) is 8.71. The molecule has 1 N–H and O–H groups in total. The molecule has 0 aliphatic heterocycles. The SMILES string of the molecule is COC(C)(C)c1ncc2c(Br)n[nH]c2n1. The highest BCUT2D eigenvalue weighted by Gasteiger charge is 2.23. The Morgan fingerprint density at radius 3 is 2.87 bits per heavy atom. The molecule has 0 aromatic carbocycles. The van der Waals surface area contributed by atoms with Gasteiger partial charge in [-0.05, 0) is 29.8 Å². The Morgan fingerprint density at radius 2 is 2.20 bits per heavy atom. The lowest BCUT2D eigenvalue weighted by Crippen LogP contribution is -2.22. The molecule has 2 heterocycles. The molecule has 0 bridgehead atoms. The summed E-state index contributed by atoms with van der Waals surface area (Å²) in [5.74, 6) is 0.633. The normalized spacial score (nSPS) is 12.3. The van der Waals surface area contributed by atoms with E-state index in [1.54, 1.807) is 13.3 Å². The van der Waals surface area contributed by atoms with Crippen molar-refractivity contribution in [1.29, 1.82) is 0 Å². The second-order valence-corrected chi connectivity index (χ2v) is 4.44. The molecule has 0 fully saturated rings. The first-order valence-corrected chi connectivity index (χ1v) is 5.26. The maximum Gasteiger partial charge on any atom is 0.162 e. The molecular formula is C9H11BrN4O. The smallest absolute Gasteiger partial charge is 0.162 e. The minimum atomic E-state index is -0.494. The second-order valence-electron chi connectivity index (χ2n) is 3.68. The van der Waals surface area contributed by atoms with Crippen molar-refractivity contribution < 1.29 is 4.74 Å². The zero-order chi connectivity index (χ0) is 11.1. The summed E-state index contributed by atoms with van der Waals surface area (Å²) >= 11 is 3.31. The van der Waals surface area contributed by atoms with Gasteiger partial charge in [0, 0.05) is 13.3 Å². The van der Waals surface area contributed by atoms with Crippen molar-refractivity contribution in [3.05, 3.63) is 16.6 Å². The summed E-state index contributed by atoms with van der Waals surface area (Å²) in [4.78, 5) is 8.61. The van der Waals surface area contributed by atoms with E-state index in [4.69, 9.17) is 4.74 Å². The number of fused-ring (bicyclic) bond motifs is 1. The predicted molar refractivity (Wildman–Crippen MR) is 59.4 cm³/mol. The van der Waals surface area contributed by atoms with Gasteiger partial charge in [-0.25, -0.2) is 9.97 Å². The average molecular weight is 271 g/mol. The summed E-state index contributed by atoms with van der Waals surface area (Å²) in [6, 6.07) is 0. The van der Waals surface area contributed by atoms with E-state index in [2.05, 4.69) is 36.1 Å². The van der Waals surface area contributed by atoms with E-state index in [0.717, 1.165) is 9.99 Å². The highest BCUT2D eigenvalue weighted by Crippen LogP contribution is 2.23. The molecule has 0 aliphatic rings. The maximum absolute atomic E-state index is 5.31. The van der Waals surface area contributed by atoms with Crippen LogP contribution in [0.5, 0.6) is 0 Å². The number of ether oxygens (including phenoxy) is 1. The van der Waals surface area contributed by atoms with Crippen LogP contribution in [0.4, 0.5) is 0 Å². The Balaban J connectivity index is 2.57. The van der Waals surface area contributed by atoms with Crippen LogP contribution in [0.1, 0.15) is 19.7 Å². The largest absolute Gasteiger partial charge is 0.371 e. The number of methoxy groups -OCH3 is 1. The number of rotatable bonds is 2. The van der Waals surface area contributed by atoms with Crippen molar-refractivity contribution in [1.82, 2.24) is 20.2 Å². The molecule has 0 saturated carbocycles. The topological polar surface area (TPSA) is 63.7 Å². The molecule has 0 aliphatic carbocycles. The number of nitrogens with one attached hydrogen (secondary N) is 1. The first-order chi connectivity index (χ1) is 7.04. The summed E-state index contributed by atoms with van der Waals surface area (Å²) in [6.45, 7) is 3.83. The van der Waals surface area contributed by atoms with Gasteiger partial charge in [0.1, 0.15) is 10.2 Å². The molecule has 0 atom stereocenters. The van der Waals surface area contributed by atoms with E-state index >= 15 is 0 Å². The van der Waals surface area contributed by atoms with Gasteiger partial charge in [-0.3, -0.25) is 5.10 Å². The van der Waals surface area contributed by atoms with Crippen LogP contribution in [0.2, 0.25) is 0 Å². The summed E-state index contributed by atoms with van der Waals surface area (Å²) in [5.41, 5.74) is 0.211. The molecule has 0 radical (unpaired) electrons. The quantitative estimate of drug-likeness (QED) is 0.907. The third kappa shape index (κ3) is 1.74. The third-order valence-electron chi connectivity index (χ3n) is 2.32. The monoisotopic (exact) mass is 270 g/mol. The van der Waals surface area contributed by atoms with Gasteiger partial charge in [-0.1, -0.05) is 0 Å². The lowest BCUT2D eigenvalue weighted by atomic mass is 10.1. The lowest BCUT2D eigenvalue weighted by molar-refractivity contribution is 0.0117. The molecule has 0 saturated heterocycles. The zero-order valence-corrected chi connectivity index (χ0v) is 10.3. The highest BCUT2D eigenvalue weighted by molar-refractivity contribution is 9.10. The molecular weight excluding hydrogens is 260 g/mol. The van der Waals surface area contributed by atoms with Crippen LogP contribution in [-0.2, 0) is 10.3 Å². The van der Waals surface area contributed by atoms with E-state index in [-0.39, 0.29) is 0 Å². The molecule has 0 unspecified atom stereocenters. The third-order valence-corrected chi connectivity index (χ3v) is 2.92. The molecule has 2 aromatic rings. The Morgan fingerprint density at radius 1 is 1.47 bits per heavy atom. The molecule has 80 valence electrons. The van der Waals surface area contributed by atoms with Gasteiger partial charge in [-0.15, -0.1) is 0 Å². The number of halogens is 1. The Labute approximate surface area is 95.4 Å². The molecule has 6 heteroatoms. The summed E-state index contributed by atoms with van der Waals surface area (Å²) in [5, 5.41) is 7.68.